The van der Waals surface area contributed by atoms with Gasteiger partial charge in [-0.05, 0) is 97.4 Å². The van der Waals surface area contributed by atoms with Crippen LogP contribution >= 0.6 is 0 Å². The highest BCUT2D eigenvalue weighted by Crippen LogP contribution is 2.43. The molecule has 6 aromatic rings. The number of halogens is 7. The number of piperidine rings is 2. The number of fused-ring (bicyclic) bond motifs is 2. The van der Waals surface area contributed by atoms with Crippen LogP contribution in [0.25, 0.3) is 22.4 Å². The third kappa shape index (κ3) is 7.51. The zero-order chi connectivity index (χ0) is 41.9. The Kier molecular flexibility index (Phi) is 9.97. The topological polar surface area (TPSA) is 104 Å². The molecule has 0 N–H and O–H groups in total. The summed E-state index contributed by atoms with van der Waals surface area (Å²) >= 11 is 0. The molecule has 2 aromatic carbocycles. The Labute approximate surface area is 338 Å². The summed E-state index contributed by atoms with van der Waals surface area (Å²) in [6.45, 7) is 2.17. The third-order valence-electron chi connectivity index (χ3n) is 11.9. The van der Waals surface area contributed by atoms with Crippen molar-refractivity contribution >= 4 is 28.9 Å². The standard InChI is InChI=1S/C42H38F7N9O2/c43-35-9-10-36-50-33(23-57(36)52-35)39(59)55-19-13-26(14-20-55)29-8-7-27(21-32(29)42(47,48)49)30-22-37(54-15-3-4-16-54)53-58-24-34(51-38(30)58)40(60)56-17-11-25(12-18-56)28-5-1-2-6-31(28)41(44,45)46/h1-2,5-10,21-26H,3-4,11-20H2. The van der Waals surface area contributed by atoms with Crippen molar-refractivity contribution in [2.45, 2.75) is 62.7 Å². The lowest BCUT2D eigenvalue weighted by molar-refractivity contribution is -0.139. The fourth-order valence-electron chi connectivity index (χ4n) is 8.89. The van der Waals surface area contributed by atoms with Gasteiger partial charge in [0, 0.05) is 44.8 Å². The highest BCUT2D eigenvalue weighted by Gasteiger charge is 2.39. The number of anilines is 1. The Hall–Kier alpha value is -6.07. The minimum absolute atomic E-state index is 0.0255. The van der Waals surface area contributed by atoms with Crippen molar-refractivity contribution in [1.82, 2.24) is 39.0 Å². The Balaban J connectivity index is 0.977. The van der Waals surface area contributed by atoms with Gasteiger partial charge in [-0.3, -0.25) is 9.59 Å². The molecular formula is C42H38F7N9O2. The minimum Gasteiger partial charge on any atom is -0.355 e. The monoisotopic (exact) mass is 833 g/mol. The highest BCUT2D eigenvalue weighted by atomic mass is 19.4. The minimum atomic E-state index is -4.72. The molecule has 60 heavy (non-hydrogen) atoms. The van der Waals surface area contributed by atoms with Crippen molar-refractivity contribution in [3.63, 3.8) is 0 Å². The SMILES string of the molecule is O=C(c1cn2nc(F)ccc2n1)N1CCC(c2ccc(-c3cc(N4CCCC4)nn4cc(C(=O)N5CCC(c6ccccc6C(F)(F)F)CC5)nc34)cc2C(F)(F)F)CC1. The van der Waals surface area contributed by atoms with E-state index in [2.05, 4.69) is 15.1 Å². The second-order valence-corrected chi connectivity index (χ2v) is 15.6. The van der Waals surface area contributed by atoms with E-state index in [0.717, 1.165) is 35.6 Å². The Bertz CT molecular complexity index is 2600. The van der Waals surface area contributed by atoms with Crippen LogP contribution in [-0.2, 0) is 12.4 Å². The number of nitrogens with zero attached hydrogens (tertiary/aromatic N) is 9. The van der Waals surface area contributed by atoms with Crippen molar-refractivity contribution in [1.29, 1.82) is 0 Å². The van der Waals surface area contributed by atoms with Gasteiger partial charge in [-0.1, -0.05) is 30.3 Å². The van der Waals surface area contributed by atoms with Gasteiger partial charge < -0.3 is 14.7 Å². The summed E-state index contributed by atoms with van der Waals surface area (Å²) in [5.74, 6) is -1.97. The predicted octanol–water partition coefficient (Wildman–Crippen LogP) is 8.26. The number of rotatable bonds is 6. The average molecular weight is 834 g/mol. The summed E-state index contributed by atoms with van der Waals surface area (Å²) in [6, 6.07) is 13.9. The van der Waals surface area contributed by atoms with Gasteiger partial charge in [0.1, 0.15) is 17.2 Å². The smallest absolute Gasteiger partial charge is 0.355 e. The van der Waals surface area contributed by atoms with Crippen LogP contribution in [-0.4, -0.2) is 90.1 Å². The third-order valence-corrected chi connectivity index (χ3v) is 11.9. The van der Waals surface area contributed by atoms with Crippen molar-refractivity contribution in [3.05, 3.63) is 113 Å². The number of carbonyl (C=O) groups excluding carboxylic acids is 2. The van der Waals surface area contributed by atoms with Gasteiger partial charge in [0.05, 0.1) is 23.5 Å². The first kappa shape index (κ1) is 39.4. The van der Waals surface area contributed by atoms with E-state index in [0.29, 0.717) is 37.3 Å². The lowest BCUT2D eigenvalue weighted by atomic mass is 9.85. The number of hydrogen-bond acceptors (Lipinski definition) is 7. The molecule has 0 spiro atoms. The Morgan fingerprint density at radius 3 is 1.83 bits per heavy atom. The van der Waals surface area contributed by atoms with E-state index in [1.807, 2.05) is 4.90 Å². The summed E-state index contributed by atoms with van der Waals surface area (Å²) in [5, 5.41) is 8.40. The highest BCUT2D eigenvalue weighted by molar-refractivity contribution is 5.94. The number of imidazole rings is 2. The lowest BCUT2D eigenvalue weighted by Crippen LogP contribution is -2.38. The van der Waals surface area contributed by atoms with Crippen LogP contribution in [0.3, 0.4) is 0 Å². The van der Waals surface area contributed by atoms with E-state index in [9.17, 15) is 40.3 Å². The van der Waals surface area contributed by atoms with Crippen LogP contribution in [0.5, 0.6) is 0 Å². The number of aromatic nitrogens is 6. The quantitative estimate of drug-likeness (QED) is 0.156. The molecule has 0 atom stereocenters. The number of alkyl halides is 6. The number of hydrogen-bond donors (Lipinski definition) is 0. The van der Waals surface area contributed by atoms with E-state index in [-0.39, 0.29) is 84.3 Å². The fourth-order valence-corrected chi connectivity index (χ4v) is 8.89. The summed E-state index contributed by atoms with van der Waals surface area (Å²) in [7, 11) is 0. The molecular weight excluding hydrogens is 796 g/mol. The van der Waals surface area contributed by atoms with E-state index in [4.69, 9.17) is 5.10 Å². The van der Waals surface area contributed by atoms with Crippen molar-refractivity contribution in [2.75, 3.05) is 44.2 Å². The molecule has 3 saturated heterocycles. The van der Waals surface area contributed by atoms with Gasteiger partial charge in [-0.2, -0.15) is 30.7 Å². The summed E-state index contributed by atoms with van der Waals surface area (Å²) in [6.07, 6.45) is -3.43. The van der Waals surface area contributed by atoms with Crippen LogP contribution in [0, 0.1) is 5.95 Å². The second-order valence-electron chi connectivity index (χ2n) is 15.6. The van der Waals surface area contributed by atoms with Crippen LogP contribution in [0.1, 0.15) is 93.6 Å². The summed E-state index contributed by atoms with van der Waals surface area (Å²) in [5.41, 5.74) is -0.0341. The van der Waals surface area contributed by atoms with E-state index >= 15 is 0 Å². The van der Waals surface area contributed by atoms with Gasteiger partial charge in [0.15, 0.2) is 11.3 Å². The molecule has 9 rings (SSSR count). The summed E-state index contributed by atoms with van der Waals surface area (Å²) < 4.78 is 102. The predicted molar refractivity (Wildman–Crippen MR) is 205 cm³/mol. The second kappa shape index (κ2) is 15.2. The van der Waals surface area contributed by atoms with Crippen molar-refractivity contribution in [3.8, 4) is 11.1 Å². The normalized spacial score (nSPS) is 17.4. The molecule has 0 unspecified atom stereocenters. The molecule has 3 aliphatic heterocycles. The number of benzene rings is 2. The molecule has 11 nitrogen and oxygen atoms in total. The molecule has 3 aliphatic rings. The Morgan fingerprint density at radius 2 is 1.20 bits per heavy atom. The summed E-state index contributed by atoms with van der Waals surface area (Å²) in [4.78, 5) is 41.1. The molecule has 0 bridgehead atoms. The van der Waals surface area contributed by atoms with Gasteiger partial charge in [-0.15, -0.1) is 10.2 Å². The van der Waals surface area contributed by atoms with Crippen LogP contribution in [0.15, 0.2) is 73.1 Å². The Morgan fingerprint density at radius 1 is 0.617 bits per heavy atom. The first-order valence-electron chi connectivity index (χ1n) is 19.8. The van der Waals surface area contributed by atoms with E-state index in [1.54, 1.807) is 23.1 Å². The lowest BCUT2D eigenvalue weighted by Gasteiger charge is -2.33. The maximum Gasteiger partial charge on any atom is 0.416 e. The molecule has 4 aromatic heterocycles. The maximum absolute atomic E-state index is 15.0. The largest absolute Gasteiger partial charge is 0.416 e. The molecule has 2 amide bonds. The van der Waals surface area contributed by atoms with Gasteiger partial charge in [0.2, 0.25) is 5.95 Å². The van der Waals surface area contributed by atoms with E-state index < -0.39 is 47.2 Å². The first-order valence-corrected chi connectivity index (χ1v) is 19.8. The number of amides is 2. The molecule has 7 heterocycles. The van der Waals surface area contributed by atoms with Crippen molar-refractivity contribution in [2.24, 2.45) is 0 Å². The zero-order valence-corrected chi connectivity index (χ0v) is 32.1. The van der Waals surface area contributed by atoms with Gasteiger partial charge >= 0.3 is 12.4 Å². The van der Waals surface area contributed by atoms with Gasteiger partial charge in [0.25, 0.3) is 11.8 Å². The van der Waals surface area contributed by atoms with Crippen LogP contribution in [0.4, 0.5) is 36.6 Å². The zero-order valence-electron chi connectivity index (χ0n) is 32.1. The number of carbonyl (C=O) groups is 2. The first-order chi connectivity index (χ1) is 28.7. The maximum atomic E-state index is 15.0. The van der Waals surface area contributed by atoms with Gasteiger partial charge in [-0.25, -0.2) is 19.0 Å². The average Bonchev–Trinajstić information content (AvgIpc) is 4.03. The van der Waals surface area contributed by atoms with Crippen LogP contribution in [0.2, 0.25) is 0 Å². The van der Waals surface area contributed by atoms with Crippen LogP contribution < -0.4 is 4.90 Å². The van der Waals surface area contributed by atoms with Crippen molar-refractivity contribution < 1.29 is 40.3 Å². The molecule has 3 fully saturated rings. The molecule has 18 heteroatoms. The van der Waals surface area contributed by atoms with E-state index in [1.165, 1.54) is 46.1 Å². The molecule has 0 saturated carbocycles. The fraction of sp³-hybridized carbons (Fsp3) is 0.381. The molecule has 0 aliphatic carbocycles. The number of likely N-dealkylation sites (tertiary alicyclic amines) is 2. The molecule has 0 radical (unpaired) electrons. The molecule has 312 valence electrons.